The molecule has 2 aromatic carbocycles. The van der Waals surface area contributed by atoms with Crippen molar-refractivity contribution in [2.45, 2.75) is 45.8 Å². The molecule has 0 bridgehead atoms. The van der Waals surface area contributed by atoms with Crippen LogP contribution >= 0.6 is 0 Å². The van der Waals surface area contributed by atoms with Crippen LogP contribution in [0.1, 0.15) is 60.2 Å². The number of amides is 1. The Bertz CT molecular complexity index is 1180. The van der Waals surface area contributed by atoms with E-state index in [1.165, 1.54) is 11.8 Å². The van der Waals surface area contributed by atoms with Crippen molar-refractivity contribution in [1.82, 2.24) is 14.8 Å². The van der Waals surface area contributed by atoms with Crippen LogP contribution in [0.5, 0.6) is 5.75 Å². The number of ether oxygens (including phenoxy) is 2. The number of nitrogens with zero attached hydrogens (tertiary/aromatic N) is 3. The summed E-state index contributed by atoms with van der Waals surface area (Å²) >= 11 is 0. The van der Waals surface area contributed by atoms with E-state index in [-0.39, 0.29) is 29.5 Å². The minimum Gasteiger partial charge on any atom is -0.497 e. The molecule has 0 spiro atoms. The van der Waals surface area contributed by atoms with Gasteiger partial charge in [0.05, 0.1) is 26.2 Å². The minimum atomic E-state index is -0.297. The molecular formula is C29H35N3O5. The predicted octanol–water partition coefficient (Wildman–Crippen LogP) is 4.86. The van der Waals surface area contributed by atoms with Crippen LogP contribution in [0.3, 0.4) is 0 Å². The number of aromatic nitrogens is 1. The summed E-state index contributed by atoms with van der Waals surface area (Å²) in [6, 6.07) is 18.3. The first-order valence-corrected chi connectivity index (χ1v) is 12.8. The Kier molecular flexibility index (Phi) is 8.95. The summed E-state index contributed by atoms with van der Waals surface area (Å²) in [5.74, 6) is 0.502. The van der Waals surface area contributed by atoms with E-state index in [2.05, 4.69) is 35.0 Å². The Morgan fingerprint density at radius 3 is 2.73 bits per heavy atom. The first kappa shape index (κ1) is 26.4. The molecule has 37 heavy (non-hydrogen) atoms. The number of likely N-dealkylation sites (tertiary alicyclic amines) is 1. The quantitative estimate of drug-likeness (QED) is 0.364. The number of rotatable bonds is 10. The van der Waals surface area contributed by atoms with Crippen molar-refractivity contribution in [2.75, 3.05) is 26.8 Å². The smallest absolute Gasteiger partial charge is 0.310 e. The summed E-state index contributed by atoms with van der Waals surface area (Å²) in [5.41, 5.74) is 2.53. The lowest BCUT2D eigenvalue weighted by Gasteiger charge is -2.31. The lowest BCUT2D eigenvalue weighted by atomic mass is 9.98. The monoisotopic (exact) mass is 505 g/mol. The fraction of sp³-hybridized carbons (Fsp3) is 0.414. The Labute approximate surface area is 218 Å². The normalized spacial score (nSPS) is 16.4. The van der Waals surface area contributed by atoms with Gasteiger partial charge in [0.15, 0.2) is 5.69 Å². The molecule has 2 heterocycles. The molecular weight excluding hydrogens is 470 g/mol. The summed E-state index contributed by atoms with van der Waals surface area (Å²) < 4.78 is 16.3. The molecule has 1 amide bonds. The molecule has 3 aromatic rings. The van der Waals surface area contributed by atoms with E-state index in [0.717, 1.165) is 24.2 Å². The third kappa shape index (κ3) is 6.77. The Hall–Kier alpha value is -3.65. The number of esters is 1. The maximum atomic E-state index is 13.2. The molecule has 1 fully saturated rings. The van der Waals surface area contributed by atoms with E-state index < -0.39 is 0 Å². The van der Waals surface area contributed by atoms with Crippen molar-refractivity contribution in [3.8, 4) is 5.75 Å². The molecule has 1 aliphatic heterocycles. The molecule has 8 nitrogen and oxygen atoms in total. The second kappa shape index (κ2) is 12.5. The van der Waals surface area contributed by atoms with Gasteiger partial charge in [0.25, 0.3) is 5.91 Å². The van der Waals surface area contributed by atoms with Crippen LogP contribution in [-0.2, 0) is 22.6 Å². The standard InChI is InChI=1S/C29H35N3O5/c1-4-36-29(34)24-13-9-15-31(18-24)28(33)26-20-37-27(30-26)19-32(21(2)23-11-6-5-7-12-23)17-22-10-8-14-25(16-22)35-3/h5-8,10-12,14,16,20-21,24H,4,9,13,15,17-19H2,1-3H3. The first-order chi connectivity index (χ1) is 18.0. The van der Waals surface area contributed by atoms with E-state index in [0.29, 0.717) is 38.7 Å². The van der Waals surface area contributed by atoms with Gasteiger partial charge >= 0.3 is 5.97 Å². The number of carbonyl (C=O) groups excluding carboxylic acids is 2. The first-order valence-electron chi connectivity index (χ1n) is 12.8. The molecule has 1 saturated heterocycles. The molecule has 2 unspecified atom stereocenters. The highest BCUT2D eigenvalue weighted by Crippen LogP contribution is 2.26. The molecule has 0 aliphatic carbocycles. The van der Waals surface area contributed by atoms with Crippen LogP contribution in [0.4, 0.5) is 0 Å². The number of hydrogen-bond donors (Lipinski definition) is 0. The number of hydrogen-bond acceptors (Lipinski definition) is 7. The van der Waals surface area contributed by atoms with Crippen molar-refractivity contribution in [2.24, 2.45) is 5.92 Å². The number of methoxy groups -OCH3 is 1. The molecule has 196 valence electrons. The van der Waals surface area contributed by atoms with Crippen LogP contribution in [0, 0.1) is 5.92 Å². The van der Waals surface area contributed by atoms with Crippen LogP contribution in [0.15, 0.2) is 65.3 Å². The van der Waals surface area contributed by atoms with Crippen molar-refractivity contribution in [3.05, 3.63) is 83.6 Å². The van der Waals surface area contributed by atoms with E-state index in [4.69, 9.17) is 13.9 Å². The zero-order valence-corrected chi connectivity index (χ0v) is 21.8. The van der Waals surface area contributed by atoms with Gasteiger partial charge in [0, 0.05) is 25.7 Å². The van der Waals surface area contributed by atoms with Crippen molar-refractivity contribution < 1.29 is 23.5 Å². The second-order valence-electron chi connectivity index (χ2n) is 9.31. The van der Waals surface area contributed by atoms with Gasteiger partial charge < -0.3 is 18.8 Å². The van der Waals surface area contributed by atoms with E-state index in [9.17, 15) is 9.59 Å². The molecule has 0 radical (unpaired) electrons. The van der Waals surface area contributed by atoms with Gasteiger partial charge in [0.2, 0.25) is 5.89 Å². The number of piperidine rings is 1. The fourth-order valence-corrected chi connectivity index (χ4v) is 4.71. The number of benzene rings is 2. The van der Waals surface area contributed by atoms with E-state index in [1.807, 2.05) is 36.4 Å². The highest BCUT2D eigenvalue weighted by atomic mass is 16.5. The van der Waals surface area contributed by atoms with Gasteiger partial charge in [-0.3, -0.25) is 14.5 Å². The maximum Gasteiger partial charge on any atom is 0.310 e. The highest BCUT2D eigenvalue weighted by molar-refractivity contribution is 5.92. The van der Waals surface area contributed by atoms with Gasteiger partial charge in [-0.15, -0.1) is 0 Å². The third-order valence-electron chi connectivity index (χ3n) is 6.79. The summed E-state index contributed by atoms with van der Waals surface area (Å²) in [7, 11) is 1.66. The van der Waals surface area contributed by atoms with Gasteiger partial charge in [-0.05, 0) is 49.9 Å². The Balaban J connectivity index is 1.49. The van der Waals surface area contributed by atoms with E-state index >= 15 is 0 Å². The van der Waals surface area contributed by atoms with Crippen molar-refractivity contribution in [3.63, 3.8) is 0 Å². The second-order valence-corrected chi connectivity index (χ2v) is 9.31. The zero-order chi connectivity index (χ0) is 26.2. The van der Waals surface area contributed by atoms with Crippen molar-refractivity contribution >= 4 is 11.9 Å². The topological polar surface area (TPSA) is 85.1 Å². The fourth-order valence-electron chi connectivity index (χ4n) is 4.71. The molecule has 2 atom stereocenters. The zero-order valence-electron chi connectivity index (χ0n) is 21.8. The molecule has 8 heteroatoms. The van der Waals surface area contributed by atoms with Crippen molar-refractivity contribution in [1.29, 1.82) is 0 Å². The van der Waals surface area contributed by atoms with Gasteiger partial charge in [-0.25, -0.2) is 4.98 Å². The van der Waals surface area contributed by atoms with Gasteiger partial charge in [-0.1, -0.05) is 42.5 Å². The molecule has 0 saturated carbocycles. The minimum absolute atomic E-state index is 0.0749. The predicted molar refractivity (Wildman–Crippen MR) is 139 cm³/mol. The van der Waals surface area contributed by atoms with Gasteiger partial charge in [0.1, 0.15) is 12.0 Å². The molecule has 1 aromatic heterocycles. The maximum absolute atomic E-state index is 13.2. The van der Waals surface area contributed by atoms with Crippen LogP contribution in [-0.4, -0.2) is 53.5 Å². The molecule has 0 N–H and O–H groups in total. The van der Waals surface area contributed by atoms with E-state index in [1.54, 1.807) is 18.9 Å². The van der Waals surface area contributed by atoms with Crippen LogP contribution in [0.2, 0.25) is 0 Å². The van der Waals surface area contributed by atoms with Crippen LogP contribution < -0.4 is 4.74 Å². The molecule has 4 rings (SSSR count). The summed E-state index contributed by atoms with van der Waals surface area (Å²) in [4.78, 5) is 33.8. The molecule has 1 aliphatic rings. The van der Waals surface area contributed by atoms with Crippen LogP contribution in [0.25, 0.3) is 0 Å². The Morgan fingerprint density at radius 2 is 1.97 bits per heavy atom. The number of carbonyl (C=O) groups is 2. The summed E-state index contributed by atoms with van der Waals surface area (Å²) in [6.07, 6.45) is 2.90. The highest BCUT2D eigenvalue weighted by Gasteiger charge is 2.31. The lowest BCUT2D eigenvalue weighted by molar-refractivity contribution is -0.149. The summed E-state index contributed by atoms with van der Waals surface area (Å²) in [6.45, 7) is 6.27. The Morgan fingerprint density at radius 1 is 1.16 bits per heavy atom. The van der Waals surface area contributed by atoms with Gasteiger partial charge in [-0.2, -0.15) is 0 Å². The third-order valence-corrected chi connectivity index (χ3v) is 6.79. The average molecular weight is 506 g/mol. The lowest BCUT2D eigenvalue weighted by Crippen LogP contribution is -2.43. The summed E-state index contributed by atoms with van der Waals surface area (Å²) in [5, 5.41) is 0. The number of oxazole rings is 1. The average Bonchev–Trinajstić information content (AvgIpc) is 3.41. The SMILES string of the molecule is CCOC(=O)C1CCCN(C(=O)c2coc(CN(Cc3cccc(OC)c3)C(C)c3ccccc3)n2)C1. The largest absolute Gasteiger partial charge is 0.497 e.